The van der Waals surface area contributed by atoms with Crippen LogP contribution >= 0.6 is 139 Å². The van der Waals surface area contributed by atoms with Crippen LogP contribution in [-0.4, -0.2) is 128 Å². The minimum atomic E-state index is -0.497. The van der Waals surface area contributed by atoms with Gasteiger partial charge in [0.25, 0.3) is 17.7 Å². The van der Waals surface area contributed by atoms with E-state index in [4.69, 9.17) is 83.3 Å². The number of nitrogen functional groups attached to an aromatic ring is 3. The van der Waals surface area contributed by atoms with E-state index in [2.05, 4.69) is 122 Å². The molecule has 3 amide bonds. The molecule has 2 aliphatic carbocycles. The molecule has 14 aromatic rings. The van der Waals surface area contributed by atoms with E-state index in [9.17, 15) is 29.2 Å². The first-order valence-electron chi connectivity index (χ1n) is 39.3. The third kappa shape index (κ3) is 23.3. The number of benzene rings is 1. The van der Waals surface area contributed by atoms with Crippen LogP contribution in [0.1, 0.15) is 125 Å². The zero-order valence-corrected chi connectivity index (χ0v) is 78.2. The predicted molar refractivity (Wildman–Crippen MR) is 528 cm³/mol. The second-order valence-electron chi connectivity index (χ2n) is 29.0. The van der Waals surface area contributed by atoms with E-state index in [1.54, 1.807) is 74.9 Å². The van der Waals surface area contributed by atoms with E-state index >= 15 is 0 Å². The Balaban J connectivity index is 0.000000135. The molecule has 37 heteroatoms. The number of amides is 3. The summed E-state index contributed by atoms with van der Waals surface area (Å²) in [6.45, 7) is 9.62. The van der Waals surface area contributed by atoms with E-state index in [-0.39, 0.29) is 16.4 Å². The van der Waals surface area contributed by atoms with Crippen LogP contribution in [-0.2, 0) is 67.9 Å². The van der Waals surface area contributed by atoms with Gasteiger partial charge >= 0.3 is 0 Å². The SMILES string of the molecule is CN1CCC(=O)C1.CN1CCOCC1.N#C/C(=C\c1cccs1)C(N)=S.N#CCC(N)=S.N#Cc1c(-c2cccs2)c2c([nH]c1=S)CCC2.NC(=O)c1sc2nc3c(c(-c4cccs4)c2c1N)CCC3.NC(=O)c1sc2nc3c(c(-c4cccs4)c2c1N)CN(Cc1ccccc1)C3.NC(=O)c1sc2nc3c(c(-c4cccs4)c2c1N)CNC3.O=Cc1cccs1. The largest absolute Gasteiger partial charge is 0.397 e. The molecule has 17 heterocycles. The maximum absolute atomic E-state index is 11.8. The number of carbonyl (C=O) groups is 5. The second-order valence-corrected chi connectivity index (χ2v) is 39.1. The van der Waals surface area contributed by atoms with Crippen LogP contribution in [0.3, 0.4) is 0 Å². The molecule has 18 N–H and O–H groups in total. The highest BCUT2D eigenvalue weighted by Gasteiger charge is 2.32. The Bertz CT molecular complexity index is 6320. The van der Waals surface area contributed by atoms with Gasteiger partial charge in [-0.05, 0) is 155 Å². The van der Waals surface area contributed by atoms with Crippen LogP contribution in [0.4, 0.5) is 17.1 Å². The van der Waals surface area contributed by atoms with Gasteiger partial charge in [0.2, 0.25) is 0 Å². The summed E-state index contributed by atoms with van der Waals surface area (Å²) in [7, 11) is 4.08. The standard InChI is InChI=1S/C21H18N4OS2.C15H13N3OS2.C14H12N4OS2.C13H10N2S2.C8H6N2S2.C5H11NO.C5H9NO.C5H4OS.C3H4N2S/c22-18-17-16(15-7-4-8-27-15)13-10-25(9-12-5-2-1-3-6-12)11-14(13)24-21(17)28-19(18)20(23)26;16-12-11-10(9-5-2-6-20-9)7-3-1-4-8(7)18-15(11)21-13(12)14(17)19;15-11-10-9(8-2-1-3-20-8)6-4-17-5-7(6)18-14(10)21-12(11)13(16)19;14-7-9-12(11-5-2-6-17-11)8-3-1-4-10(8)15-13(9)16;9-5-6(8(10)11)4-7-2-1-3-12-7;1-6-2-4-7-5-3-6;1-6-3-2-5(7)4-6;6-4-5-2-1-3-7-5;4-2-1-3(5)6/h1-8H,9-11,22H2,(H2,23,26);2,5-6H,1,3-4,16H2,(H2,17,19);1-3,17H,4-5,15H2,(H2,16,19);2,5-6H,1,3-4H2,(H,15,16);1-4H,(H2,10,11);2-5H2,1H3;2-4H2,1H3;1-4H;1H2,(H2,5,6)/b;;;;6-4+;;;;. The second kappa shape index (κ2) is 45.0. The van der Waals surface area contributed by atoms with Crippen LogP contribution in [0.2, 0.25) is 0 Å². The number of carbonyl (C=O) groups excluding carboxylic acids is 5. The van der Waals surface area contributed by atoms with Crippen molar-refractivity contribution in [1.29, 1.82) is 15.8 Å². The van der Waals surface area contributed by atoms with Crippen molar-refractivity contribution in [2.75, 3.05) is 70.7 Å². The number of hydrogen-bond acceptors (Lipinski definition) is 31. The first-order valence-corrected chi connectivity index (χ1v) is 48.3. The maximum atomic E-state index is 11.8. The average Bonchev–Trinajstić information content (AvgIpc) is 1.59. The van der Waals surface area contributed by atoms with E-state index in [1.165, 1.54) is 83.7 Å². The monoisotopic (exact) mass is 1900 g/mol. The number of nitrogens with two attached hydrogens (primary N) is 8. The van der Waals surface area contributed by atoms with Crippen molar-refractivity contribution in [2.24, 2.45) is 28.7 Å². The van der Waals surface area contributed by atoms with Crippen molar-refractivity contribution < 1.29 is 28.7 Å². The van der Waals surface area contributed by atoms with Crippen LogP contribution in [0.25, 0.3) is 78.5 Å². The van der Waals surface area contributed by atoms with Crippen molar-refractivity contribution in [3.8, 4) is 60.0 Å². The fraction of sp³-hybridized carbons (Fsp3) is 0.236. The lowest BCUT2D eigenvalue weighted by molar-refractivity contribution is -0.116. The number of aryl methyl sites for hydroxylation is 2. The number of ketones is 1. The number of nitriles is 3. The summed E-state index contributed by atoms with van der Waals surface area (Å²) >= 11 is 27.9. The van der Waals surface area contributed by atoms with Gasteiger partial charge < -0.3 is 65.8 Å². The topological polar surface area (TPSA) is 450 Å². The fourth-order valence-corrected chi connectivity index (χ4v) is 22.4. The lowest BCUT2D eigenvalue weighted by Crippen LogP contribution is -2.32. The van der Waals surface area contributed by atoms with Crippen molar-refractivity contribution in [2.45, 2.75) is 84.1 Å². The van der Waals surface area contributed by atoms with Gasteiger partial charge in [-0.2, -0.15) is 15.8 Å². The summed E-state index contributed by atoms with van der Waals surface area (Å²) in [4.78, 5) is 89.8. The maximum Gasteiger partial charge on any atom is 0.260 e. The van der Waals surface area contributed by atoms with Crippen molar-refractivity contribution >= 4 is 232 Å². The number of ether oxygens (including phenoxy) is 1. The Labute approximate surface area is 779 Å². The number of anilines is 3. The first kappa shape index (κ1) is 94.2. The van der Waals surface area contributed by atoms with Gasteiger partial charge in [0.15, 0.2) is 6.29 Å². The number of primary amides is 3. The van der Waals surface area contributed by atoms with Crippen molar-refractivity contribution in [3.63, 3.8) is 0 Å². The van der Waals surface area contributed by atoms with Gasteiger partial charge in [0, 0.05) is 133 Å². The number of Topliss-reactive ketones (excluding diaryl/α,β-unsaturated/α-hetero) is 1. The number of thiocarbonyl (C=S) groups is 2. The minimum Gasteiger partial charge on any atom is -0.397 e. The molecule has 2 fully saturated rings. The minimum absolute atomic E-state index is 0.144. The smallest absolute Gasteiger partial charge is 0.260 e. The number of aromatic amines is 1. The van der Waals surface area contributed by atoms with Gasteiger partial charge in [0.1, 0.15) is 56.7 Å². The quantitative estimate of drug-likeness (QED) is 0.0222. The van der Waals surface area contributed by atoms with Crippen LogP contribution < -0.4 is 51.2 Å². The first-order chi connectivity index (χ1) is 60.9. The van der Waals surface area contributed by atoms with Gasteiger partial charge in [-0.15, -0.1) is 102 Å². The summed E-state index contributed by atoms with van der Waals surface area (Å²) in [5.74, 6) is -1.09. The fourth-order valence-electron chi connectivity index (χ4n) is 14.6. The number of likely N-dealkylation sites (N-methyl/N-ethyl adjacent to an activating group) is 2. The number of aromatic nitrogens is 4. The predicted octanol–water partition coefficient (Wildman–Crippen LogP) is 17.1. The summed E-state index contributed by atoms with van der Waals surface area (Å²) in [6.07, 6.45) is 9.87. The number of fused-ring (bicyclic) bond motifs is 7. The third-order valence-corrected chi connectivity index (χ3v) is 29.5. The Morgan fingerprint density at radius 1 is 0.540 bits per heavy atom. The van der Waals surface area contributed by atoms with E-state index in [0.29, 0.717) is 59.8 Å². The number of hydrogen-bond donors (Lipinski definition) is 10. The molecule has 0 radical (unpaired) electrons. The van der Waals surface area contributed by atoms with Gasteiger partial charge in [-0.1, -0.05) is 103 Å². The molecule has 25 nitrogen and oxygen atoms in total. The molecule has 4 aliphatic heterocycles. The molecular formula is C89H87N19O6S12. The van der Waals surface area contributed by atoms with Crippen molar-refractivity contribution in [3.05, 3.63) is 226 Å². The number of nitrogens with zero attached hydrogens (tertiary/aromatic N) is 9. The van der Waals surface area contributed by atoms with Crippen LogP contribution in [0.5, 0.6) is 0 Å². The number of likely N-dealkylation sites (tertiary alicyclic amines) is 1. The molecule has 0 spiro atoms. The third-order valence-electron chi connectivity index (χ3n) is 20.3. The van der Waals surface area contributed by atoms with E-state index in [1.807, 2.05) is 88.1 Å². The summed E-state index contributed by atoms with van der Waals surface area (Å²) < 4.78 is 5.68. The number of nitrogens with one attached hydrogen (secondary N) is 2. The van der Waals surface area contributed by atoms with Gasteiger partial charge in [-0.3, -0.25) is 33.8 Å². The number of morpholine rings is 1. The van der Waals surface area contributed by atoms with Crippen LogP contribution in [0, 0.1) is 38.6 Å². The highest BCUT2D eigenvalue weighted by molar-refractivity contribution is 7.80. The number of pyridine rings is 4. The number of aldehydes is 1. The Kier molecular flexibility index (Phi) is 33.6. The lowest BCUT2D eigenvalue weighted by atomic mass is 10.0. The Hall–Kier alpha value is -10.9. The molecule has 20 rings (SSSR count). The summed E-state index contributed by atoms with van der Waals surface area (Å²) in [6, 6.07) is 40.3. The number of thiophene rings is 9. The molecule has 13 aromatic heterocycles. The zero-order valence-electron chi connectivity index (χ0n) is 68.4. The summed E-state index contributed by atoms with van der Waals surface area (Å²) in [5.41, 5.74) is 62.9. The van der Waals surface area contributed by atoms with Gasteiger partial charge in [0.05, 0.1) is 81.7 Å². The number of rotatable bonds is 13. The Morgan fingerprint density at radius 3 is 1.45 bits per heavy atom. The van der Waals surface area contributed by atoms with E-state index < -0.39 is 17.7 Å². The molecular weight excluding hydrogens is 1820 g/mol. The van der Waals surface area contributed by atoms with Crippen LogP contribution in [0.15, 0.2) is 141 Å². The molecule has 646 valence electrons. The van der Waals surface area contributed by atoms with Crippen molar-refractivity contribution in [1.82, 2.24) is 40.0 Å². The number of H-pyrrole nitrogens is 1. The molecule has 0 saturated carbocycles. The van der Waals surface area contributed by atoms with E-state index in [0.717, 1.165) is 211 Å². The molecule has 6 aliphatic rings. The lowest BCUT2D eigenvalue weighted by Gasteiger charge is -2.21. The Morgan fingerprint density at radius 2 is 1.03 bits per heavy atom. The summed E-state index contributed by atoms with van der Waals surface area (Å²) in [5, 5.41) is 43.7. The molecule has 126 heavy (non-hydrogen) atoms. The zero-order chi connectivity index (χ0) is 89.7. The molecule has 0 bridgehead atoms. The van der Waals surface area contributed by atoms with Gasteiger partial charge in [-0.25, -0.2) is 15.0 Å². The highest BCUT2D eigenvalue weighted by atomic mass is 32.1. The molecule has 0 unspecified atom stereocenters. The molecule has 2 saturated heterocycles. The normalized spacial score (nSPS) is 14.0. The molecule has 1 aromatic carbocycles. The highest BCUT2D eigenvalue weighted by Crippen LogP contribution is 2.49. The molecule has 0 atom stereocenters. The average molecular weight is 1900 g/mol.